The van der Waals surface area contributed by atoms with Gasteiger partial charge in [-0.3, -0.25) is 14.6 Å². The highest BCUT2D eigenvalue weighted by Crippen LogP contribution is 2.46. The number of anilines is 1. The topological polar surface area (TPSA) is 77.5 Å². The van der Waals surface area contributed by atoms with Gasteiger partial charge in [-0.15, -0.1) is 0 Å². The standard InChI is InChI=1S/C22H24ClFN2O4/c1-5-17(27)16-10-12(8-9-25-16)26-21(28)20-14(11-22(2,3)30-20)13-6-7-15(24)18(23)19(13)29-4/h6-10,14,20H,5,11H2,1-4H3,(H,25,26,28)/t14-,20+/m1/s1. The minimum Gasteiger partial charge on any atom is -0.495 e. The summed E-state index contributed by atoms with van der Waals surface area (Å²) in [5, 5.41) is 2.67. The molecule has 8 heteroatoms. The summed E-state index contributed by atoms with van der Waals surface area (Å²) in [5.41, 5.74) is 0.751. The molecular formula is C22H24ClFN2O4. The first kappa shape index (κ1) is 22.2. The van der Waals surface area contributed by atoms with Crippen LogP contribution in [-0.2, 0) is 9.53 Å². The van der Waals surface area contributed by atoms with E-state index in [4.69, 9.17) is 21.1 Å². The van der Waals surface area contributed by atoms with Crippen molar-refractivity contribution >= 4 is 29.0 Å². The smallest absolute Gasteiger partial charge is 0.254 e. The molecule has 1 fully saturated rings. The van der Waals surface area contributed by atoms with E-state index < -0.39 is 23.4 Å². The molecule has 2 aromatic rings. The number of benzene rings is 1. The predicted octanol–water partition coefficient (Wildman–Crippen LogP) is 4.77. The Bertz CT molecular complexity index is 980. The van der Waals surface area contributed by atoms with Gasteiger partial charge in [-0.1, -0.05) is 24.6 Å². The first-order chi connectivity index (χ1) is 14.2. The minimum absolute atomic E-state index is 0.118. The van der Waals surface area contributed by atoms with Gasteiger partial charge < -0.3 is 14.8 Å². The molecule has 1 saturated heterocycles. The summed E-state index contributed by atoms with van der Waals surface area (Å²) in [7, 11) is 1.41. The number of methoxy groups -OCH3 is 1. The first-order valence-corrected chi connectivity index (χ1v) is 10.0. The summed E-state index contributed by atoms with van der Waals surface area (Å²) >= 11 is 6.09. The molecule has 6 nitrogen and oxygen atoms in total. The summed E-state index contributed by atoms with van der Waals surface area (Å²) in [6, 6.07) is 5.97. The lowest BCUT2D eigenvalue weighted by Crippen LogP contribution is -2.33. The van der Waals surface area contributed by atoms with Crippen molar-refractivity contribution in [1.82, 2.24) is 4.98 Å². The molecule has 0 radical (unpaired) electrons. The van der Waals surface area contributed by atoms with Crippen LogP contribution in [-0.4, -0.2) is 35.5 Å². The monoisotopic (exact) mass is 434 g/mol. The summed E-state index contributed by atoms with van der Waals surface area (Å²) in [6.07, 6.45) is 1.45. The number of pyridine rings is 1. The largest absolute Gasteiger partial charge is 0.495 e. The van der Waals surface area contributed by atoms with E-state index in [1.165, 1.54) is 25.4 Å². The average Bonchev–Trinajstić information content (AvgIpc) is 3.05. The van der Waals surface area contributed by atoms with Crippen LogP contribution in [0, 0.1) is 5.82 Å². The fourth-order valence-corrected chi connectivity index (χ4v) is 3.97. The second-order valence-corrected chi connectivity index (χ2v) is 8.17. The van der Waals surface area contributed by atoms with E-state index in [-0.39, 0.29) is 28.2 Å². The molecule has 30 heavy (non-hydrogen) atoms. The maximum Gasteiger partial charge on any atom is 0.254 e. The fraction of sp³-hybridized carbons (Fsp3) is 0.409. The molecule has 0 unspecified atom stereocenters. The number of nitrogens with zero attached hydrogens (tertiary/aromatic N) is 1. The minimum atomic E-state index is -0.853. The van der Waals surface area contributed by atoms with Crippen LogP contribution in [0.15, 0.2) is 30.5 Å². The van der Waals surface area contributed by atoms with Gasteiger partial charge in [0.25, 0.3) is 5.91 Å². The predicted molar refractivity (Wildman–Crippen MR) is 112 cm³/mol. The second-order valence-electron chi connectivity index (χ2n) is 7.79. The number of halogens is 2. The summed E-state index contributed by atoms with van der Waals surface area (Å²) in [6.45, 7) is 5.51. The highest BCUT2D eigenvalue weighted by atomic mass is 35.5. The maximum atomic E-state index is 13.9. The van der Waals surface area contributed by atoms with Crippen molar-refractivity contribution in [3.8, 4) is 5.75 Å². The van der Waals surface area contributed by atoms with Gasteiger partial charge in [0.2, 0.25) is 0 Å². The molecule has 160 valence electrons. The highest BCUT2D eigenvalue weighted by molar-refractivity contribution is 6.32. The van der Waals surface area contributed by atoms with Crippen LogP contribution in [0.2, 0.25) is 5.02 Å². The molecule has 1 aromatic heterocycles. The van der Waals surface area contributed by atoms with E-state index in [1.54, 1.807) is 19.1 Å². The number of ether oxygens (including phenoxy) is 2. The van der Waals surface area contributed by atoms with Crippen molar-refractivity contribution in [2.45, 2.75) is 51.2 Å². The number of Topliss-reactive ketones (excluding diaryl/α,β-unsaturated/α-hetero) is 1. The fourth-order valence-electron chi connectivity index (χ4n) is 3.72. The normalized spacial score (nSPS) is 20.1. The Morgan fingerprint density at radius 1 is 1.37 bits per heavy atom. The number of hydrogen-bond acceptors (Lipinski definition) is 5. The van der Waals surface area contributed by atoms with E-state index >= 15 is 0 Å². The zero-order valence-corrected chi connectivity index (χ0v) is 18.0. The number of carbonyl (C=O) groups is 2. The quantitative estimate of drug-likeness (QED) is 0.663. The Hall–Kier alpha value is -2.51. The molecule has 0 aliphatic carbocycles. The van der Waals surface area contributed by atoms with E-state index in [2.05, 4.69) is 10.3 Å². The molecule has 1 N–H and O–H groups in total. The van der Waals surface area contributed by atoms with Gasteiger partial charge in [0.1, 0.15) is 28.4 Å². The SMILES string of the molecule is CCC(=O)c1cc(NC(=O)[C@H]2OC(C)(C)C[C@@H]2c2ccc(F)c(Cl)c2OC)ccn1. The molecule has 2 heterocycles. The Kier molecular flexibility index (Phi) is 6.43. The lowest BCUT2D eigenvalue weighted by molar-refractivity contribution is -0.130. The van der Waals surface area contributed by atoms with Crippen LogP contribution < -0.4 is 10.1 Å². The van der Waals surface area contributed by atoms with Crippen LogP contribution in [0.1, 0.15) is 55.6 Å². The molecule has 0 saturated carbocycles. The Balaban J connectivity index is 1.91. The summed E-state index contributed by atoms with van der Waals surface area (Å²) < 4.78 is 25.3. The molecule has 0 spiro atoms. The van der Waals surface area contributed by atoms with Crippen molar-refractivity contribution in [2.75, 3.05) is 12.4 Å². The third-order valence-corrected chi connectivity index (χ3v) is 5.45. The van der Waals surface area contributed by atoms with Crippen LogP contribution in [0.4, 0.5) is 10.1 Å². The van der Waals surface area contributed by atoms with Gasteiger partial charge in [0.15, 0.2) is 5.78 Å². The van der Waals surface area contributed by atoms with E-state index in [1.807, 2.05) is 13.8 Å². The number of aromatic nitrogens is 1. The summed E-state index contributed by atoms with van der Waals surface area (Å²) in [5.74, 6) is -1.30. The number of rotatable bonds is 6. The zero-order valence-electron chi connectivity index (χ0n) is 17.3. The number of hydrogen-bond donors (Lipinski definition) is 1. The number of nitrogens with one attached hydrogen (secondary N) is 1. The highest BCUT2D eigenvalue weighted by Gasteiger charge is 2.46. The van der Waals surface area contributed by atoms with Crippen molar-refractivity contribution in [2.24, 2.45) is 0 Å². The van der Waals surface area contributed by atoms with Crippen molar-refractivity contribution in [3.05, 3.63) is 52.6 Å². The zero-order chi connectivity index (χ0) is 22.1. The molecule has 2 atom stereocenters. The number of ketones is 1. The van der Waals surface area contributed by atoms with Gasteiger partial charge in [0.05, 0.1) is 12.7 Å². The Morgan fingerprint density at radius 2 is 2.10 bits per heavy atom. The van der Waals surface area contributed by atoms with Crippen molar-refractivity contribution in [3.63, 3.8) is 0 Å². The van der Waals surface area contributed by atoms with Crippen molar-refractivity contribution < 1.29 is 23.5 Å². The Labute approximate surface area is 179 Å². The molecule has 3 rings (SSSR count). The third-order valence-electron chi connectivity index (χ3n) is 5.10. The van der Waals surface area contributed by atoms with E-state index in [0.717, 1.165) is 0 Å². The van der Waals surface area contributed by atoms with Crippen LogP contribution >= 0.6 is 11.6 Å². The Morgan fingerprint density at radius 3 is 2.77 bits per heavy atom. The van der Waals surface area contributed by atoms with Crippen LogP contribution in [0.25, 0.3) is 0 Å². The third kappa shape index (κ3) is 4.47. The summed E-state index contributed by atoms with van der Waals surface area (Å²) in [4.78, 5) is 29.0. The first-order valence-electron chi connectivity index (χ1n) is 9.66. The lowest BCUT2D eigenvalue weighted by atomic mass is 9.87. The number of amides is 1. The van der Waals surface area contributed by atoms with Crippen molar-refractivity contribution in [1.29, 1.82) is 0 Å². The molecule has 1 amide bonds. The number of carbonyl (C=O) groups excluding carboxylic acids is 2. The van der Waals surface area contributed by atoms with Gasteiger partial charge in [0, 0.05) is 29.8 Å². The van der Waals surface area contributed by atoms with Gasteiger partial charge in [-0.05, 0) is 38.5 Å². The van der Waals surface area contributed by atoms with Gasteiger partial charge in [-0.25, -0.2) is 4.39 Å². The lowest BCUT2D eigenvalue weighted by Gasteiger charge is -2.21. The van der Waals surface area contributed by atoms with Gasteiger partial charge in [-0.2, -0.15) is 0 Å². The molecule has 0 bridgehead atoms. The van der Waals surface area contributed by atoms with E-state index in [0.29, 0.717) is 24.1 Å². The average molecular weight is 435 g/mol. The van der Waals surface area contributed by atoms with Crippen LogP contribution in [0.5, 0.6) is 5.75 Å². The second kappa shape index (κ2) is 8.70. The molecular weight excluding hydrogens is 411 g/mol. The molecule has 1 aliphatic rings. The molecule has 1 aliphatic heterocycles. The molecule has 1 aromatic carbocycles. The van der Waals surface area contributed by atoms with Gasteiger partial charge >= 0.3 is 0 Å². The maximum absolute atomic E-state index is 13.9. The van der Waals surface area contributed by atoms with E-state index in [9.17, 15) is 14.0 Å². The van der Waals surface area contributed by atoms with Crippen LogP contribution in [0.3, 0.4) is 0 Å².